The zero-order valence-corrected chi connectivity index (χ0v) is 19.0. The van der Waals surface area contributed by atoms with Crippen LogP contribution in [0, 0.1) is 5.41 Å². The zero-order valence-electron chi connectivity index (χ0n) is 18.2. The third-order valence-electron chi connectivity index (χ3n) is 5.96. The monoisotopic (exact) mass is 424 g/mol. The standard InChI is InChI=1S/C22H33ClN2O4/c1-15(25(19(27)28)20(2,3)4)13-18(26)24-12-11-22(29,21(5,6)14-24)16-7-9-17(23)10-8-16/h7-10,15,29H,11-14H2,1-6H3,(H,27,28)/t15-,22+/m1/s1. The molecular weight excluding hydrogens is 392 g/mol. The van der Waals surface area contributed by atoms with Crippen LogP contribution in [0.25, 0.3) is 0 Å². The van der Waals surface area contributed by atoms with E-state index in [4.69, 9.17) is 11.6 Å². The number of aliphatic hydroxyl groups is 1. The van der Waals surface area contributed by atoms with Gasteiger partial charge in [0.25, 0.3) is 0 Å². The minimum absolute atomic E-state index is 0.0979. The summed E-state index contributed by atoms with van der Waals surface area (Å²) in [6.45, 7) is 11.9. The topological polar surface area (TPSA) is 81.1 Å². The normalized spacial score (nSPS) is 22.8. The Bertz CT molecular complexity index is 757. The summed E-state index contributed by atoms with van der Waals surface area (Å²) in [6.07, 6.45) is -0.517. The fourth-order valence-corrected chi connectivity index (χ4v) is 4.53. The van der Waals surface area contributed by atoms with E-state index < -0.39 is 28.7 Å². The van der Waals surface area contributed by atoms with Gasteiger partial charge in [-0.15, -0.1) is 0 Å². The molecule has 1 aliphatic rings. The molecule has 2 rings (SSSR count). The fraction of sp³-hybridized carbons (Fsp3) is 0.636. The maximum atomic E-state index is 12.9. The summed E-state index contributed by atoms with van der Waals surface area (Å²) in [7, 11) is 0. The van der Waals surface area contributed by atoms with E-state index in [1.54, 1.807) is 24.0 Å². The second-order valence-corrected chi connectivity index (χ2v) is 10.1. The average Bonchev–Trinajstić information content (AvgIpc) is 2.55. The van der Waals surface area contributed by atoms with Gasteiger partial charge in [-0.3, -0.25) is 4.79 Å². The minimum atomic E-state index is -1.07. The Morgan fingerprint density at radius 1 is 1.24 bits per heavy atom. The second-order valence-electron chi connectivity index (χ2n) is 9.69. The van der Waals surface area contributed by atoms with Crippen molar-refractivity contribution < 1.29 is 19.8 Å². The number of amides is 2. The van der Waals surface area contributed by atoms with Gasteiger partial charge in [-0.05, 0) is 51.8 Å². The van der Waals surface area contributed by atoms with E-state index in [1.807, 2.05) is 46.8 Å². The van der Waals surface area contributed by atoms with Crippen LogP contribution in [0.4, 0.5) is 4.79 Å². The predicted molar refractivity (Wildman–Crippen MR) is 114 cm³/mol. The maximum absolute atomic E-state index is 12.9. The van der Waals surface area contributed by atoms with E-state index >= 15 is 0 Å². The summed E-state index contributed by atoms with van der Waals surface area (Å²) in [5, 5.41) is 21.6. The molecule has 0 radical (unpaired) electrons. The lowest BCUT2D eigenvalue weighted by Crippen LogP contribution is -2.57. The molecule has 2 N–H and O–H groups in total. The first-order chi connectivity index (χ1) is 13.2. The van der Waals surface area contributed by atoms with Crippen LogP contribution in [0.2, 0.25) is 5.02 Å². The molecule has 162 valence electrons. The molecule has 7 heteroatoms. The lowest BCUT2D eigenvalue weighted by molar-refractivity contribution is -0.154. The molecule has 6 nitrogen and oxygen atoms in total. The van der Waals surface area contributed by atoms with Crippen molar-refractivity contribution in [2.45, 2.75) is 71.6 Å². The summed E-state index contributed by atoms with van der Waals surface area (Å²) in [5.41, 5.74) is -1.45. The first-order valence-electron chi connectivity index (χ1n) is 9.97. The van der Waals surface area contributed by atoms with Crippen LogP contribution >= 0.6 is 11.6 Å². The number of rotatable bonds is 4. The number of likely N-dealkylation sites (tertiary alicyclic amines) is 1. The van der Waals surface area contributed by atoms with Crippen molar-refractivity contribution in [2.75, 3.05) is 13.1 Å². The van der Waals surface area contributed by atoms with Crippen LogP contribution in [0.15, 0.2) is 24.3 Å². The SMILES string of the molecule is C[C@H](CC(=O)N1CC[C@](O)(c2ccc(Cl)cc2)C(C)(C)C1)N(C(=O)O)C(C)(C)C. The quantitative estimate of drug-likeness (QED) is 0.753. The Labute approximate surface area is 178 Å². The van der Waals surface area contributed by atoms with Crippen molar-refractivity contribution in [1.82, 2.24) is 9.80 Å². The number of carbonyl (C=O) groups is 2. The molecule has 0 saturated carbocycles. The van der Waals surface area contributed by atoms with Crippen LogP contribution in [0.1, 0.15) is 59.9 Å². The van der Waals surface area contributed by atoms with Crippen LogP contribution in [0.5, 0.6) is 0 Å². The van der Waals surface area contributed by atoms with Crippen molar-refractivity contribution in [1.29, 1.82) is 0 Å². The highest BCUT2D eigenvalue weighted by Crippen LogP contribution is 2.46. The average molecular weight is 425 g/mol. The molecule has 1 saturated heterocycles. The van der Waals surface area contributed by atoms with Crippen molar-refractivity contribution in [3.05, 3.63) is 34.9 Å². The summed E-state index contributed by atoms with van der Waals surface area (Å²) in [6, 6.07) is 6.74. The van der Waals surface area contributed by atoms with E-state index in [0.717, 1.165) is 5.56 Å². The van der Waals surface area contributed by atoms with Crippen molar-refractivity contribution in [3.63, 3.8) is 0 Å². The van der Waals surface area contributed by atoms with Gasteiger partial charge in [0.05, 0.1) is 5.60 Å². The molecule has 1 fully saturated rings. The van der Waals surface area contributed by atoms with E-state index in [2.05, 4.69) is 0 Å². The molecule has 0 spiro atoms. The van der Waals surface area contributed by atoms with Gasteiger partial charge in [-0.25, -0.2) is 4.79 Å². The van der Waals surface area contributed by atoms with Crippen molar-refractivity contribution in [2.24, 2.45) is 5.41 Å². The molecule has 2 atom stereocenters. The van der Waals surface area contributed by atoms with Gasteiger partial charge in [0.1, 0.15) is 0 Å². The molecule has 29 heavy (non-hydrogen) atoms. The highest BCUT2D eigenvalue weighted by molar-refractivity contribution is 6.30. The molecule has 1 aromatic rings. The van der Waals surface area contributed by atoms with E-state index in [0.29, 0.717) is 24.5 Å². The van der Waals surface area contributed by atoms with Crippen LogP contribution in [-0.4, -0.2) is 56.7 Å². The van der Waals surface area contributed by atoms with Gasteiger partial charge < -0.3 is 20.0 Å². The Morgan fingerprint density at radius 3 is 2.24 bits per heavy atom. The molecule has 0 aromatic heterocycles. The van der Waals surface area contributed by atoms with Crippen LogP contribution in [0.3, 0.4) is 0 Å². The molecule has 0 aliphatic carbocycles. The van der Waals surface area contributed by atoms with E-state index in [9.17, 15) is 19.8 Å². The third-order valence-corrected chi connectivity index (χ3v) is 6.22. The molecular formula is C22H33ClN2O4. The van der Waals surface area contributed by atoms with Gasteiger partial charge in [-0.2, -0.15) is 0 Å². The van der Waals surface area contributed by atoms with Gasteiger partial charge in [-0.1, -0.05) is 37.6 Å². The summed E-state index contributed by atoms with van der Waals surface area (Å²) in [4.78, 5) is 27.7. The van der Waals surface area contributed by atoms with Gasteiger partial charge >= 0.3 is 6.09 Å². The molecule has 0 bridgehead atoms. The number of halogens is 1. The van der Waals surface area contributed by atoms with Crippen molar-refractivity contribution >= 4 is 23.6 Å². The first kappa shape index (κ1) is 23.5. The van der Waals surface area contributed by atoms with Crippen LogP contribution in [-0.2, 0) is 10.4 Å². The lowest BCUT2D eigenvalue weighted by atomic mass is 9.66. The minimum Gasteiger partial charge on any atom is -0.465 e. The number of carbonyl (C=O) groups excluding carboxylic acids is 1. The third kappa shape index (κ3) is 4.86. The smallest absolute Gasteiger partial charge is 0.407 e. The Balaban J connectivity index is 2.14. The number of carboxylic acid groups (broad SMARTS) is 1. The van der Waals surface area contributed by atoms with E-state index in [-0.39, 0.29) is 12.3 Å². The summed E-state index contributed by atoms with van der Waals surface area (Å²) < 4.78 is 0. The summed E-state index contributed by atoms with van der Waals surface area (Å²) >= 11 is 5.98. The molecule has 2 amide bonds. The van der Waals surface area contributed by atoms with Gasteiger partial charge in [0, 0.05) is 41.5 Å². The number of piperidine rings is 1. The maximum Gasteiger partial charge on any atom is 0.407 e. The van der Waals surface area contributed by atoms with Crippen molar-refractivity contribution in [3.8, 4) is 0 Å². The second kappa shape index (κ2) is 8.15. The fourth-order valence-electron chi connectivity index (χ4n) is 4.41. The van der Waals surface area contributed by atoms with Gasteiger partial charge in [0.15, 0.2) is 0 Å². The van der Waals surface area contributed by atoms with Gasteiger partial charge in [0.2, 0.25) is 5.91 Å². The molecule has 1 aromatic carbocycles. The number of hydrogen-bond donors (Lipinski definition) is 2. The molecule has 0 unspecified atom stereocenters. The number of benzene rings is 1. The Hall–Kier alpha value is -1.79. The Morgan fingerprint density at radius 2 is 1.79 bits per heavy atom. The summed E-state index contributed by atoms with van der Waals surface area (Å²) in [5.74, 6) is -0.0979. The highest BCUT2D eigenvalue weighted by atomic mass is 35.5. The molecule has 1 aliphatic heterocycles. The molecule has 1 heterocycles. The highest BCUT2D eigenvalue weighted by Gasteiger charge is 2.49. The first-order valence-corrected chi connectivity index (χ1v) is 10.4. The largest absolute Gasteiger partial charge is 0.465 e. The zero-order chi connectivity index (χ0) is 22.2. The predicted octanol–water partition coefficient (Wildman–Crippen LogP) is 4.34. The lowest BCUT2D eigenvalue weighted by Gasteiger charge is -2.51. The number of nitrogens with zero attached hydrogens (tertiary/aromatic N) is 2. The number of hydrogen-bond acceptors (Lipinski definition) is 3. The Kier molecular flexibility index (Phi) is 6.60. The van der Waals surface area contributed by atoms with Crippen LogP contribution < -0.4 is 0 Å². The van der Waals surface area contributed by atoms with E-state index in [1.165, 1.54) is 4.90 Å².